The Labute approximate surface area is 471 Å². The smallest absolute Gasteiger partial charge is 0.220 e. The van der Waals surface area contributed by atoms with Crippen LogP contribution >= 0.6 is 0 Å². The van der Waals surface area contributed by atoms with E-state index >= 15 is 0 Å². The van der Waals surface area contributed by atoms with Crippen LogP contribution in [-0.2, 0) is 33.2 Å². The van der Waals surface area contributed by atoms with Crippen LogP contribution in [-0.4, -0.2) is 193 Å². The summed E-state index contributed by atoms with van der Waals surface area (Å²) in [5.41, 5.74) is 0. The van der Waals surface area contributed by atoms with Crippen LogP contribution in [0.1, 0.15) is 181 Å². The van der Waals surface area contributed by atoms with Crippen LogP contribution in [0.3, 0.4) is 0 Å². The molecule has 0 aromatic heterocycles. The number of allylic oxidation sites excluding steroid dienone is 9. The van der Waals surface area contributed by atoms with Crippen molar-refractivity contribution in [3.05, 3.63) is 60.8 Å². The quantitative estimate of drug-likeness (QED) is 0.0274. The zero-order valence-electron chi connectivity index (χ0n) is 47.6. The highest BCUT2D eigenvalue weighted by Gasteiger charge is 2.53. The predicted octanol–water partition coefficient (Wildman–Crippen LogP) is 5.26. The van der Waals surface area contributed by atoms with Crippen LogP contribution in [0.15, 0.2) is 60.8 Å². The normalized spacial score (nSPS) is 30.7. The van der Waals surface area contributed by atoms with Crippen molar-refractivity contribution in [2.75, 3.05) is 26.4 Å². The largest absolute Gasteiger partial charge is 0.394 e. The van der Waals surface area contributed by atoms with Gasteiger partial charge in [0.05, 0.1) is 38.6 Å². The minimum atomic E-state index is -1.98. The van der Waals surface area contributed by atoms with Crippen molar-refractivity contribution in [1.82, 2.24) is 5.32 Å². The van der Waals surface area contributed by atoms with Gasteiger partial charge in [0, 0.05) is 6.42 Å². The first kappa shape index (κ1) is 70.8. The van der Waals surface area contributed by atoms with E-state index in [1.807, 2.05) is 6.08 Å². The van der Waals surface area contributed by atoms with Crippen molar-refractivity contribution in [3.8, 4) is 0 Å². The third-order valence-electron chi connectivity index (χ3n) is 14.8. The van der Waals surface area contributed by atoms with Gasteiger partial charge in [-0.05, 0) is 57.8 Å². The van der Waals surface area contributed by atoms with Crippen molar-refractivity contribution in [1.29, 1.82) is 0 Å². The van der Waals surface area contributed by atoms with E-state index < -0.39 is 124 Å². The molecule has 3 fully saturated rings. The average Bonchev–Trinajstić information content (AvgIpc) is 3.47. The van der Waals surface area contributed by atoms with Gasteiger partial charge in [0.25, 0.3) is 0 Å². The molecule has 0 bridgehead atoms. The van der Waals surface area contributed by atoms with E-state index in [1.54, 1.807) is 6.08 Å². The molecular formula is C60H105NO18. The molecule has 3 rings (SSSR count). The van der Waals surface area contributed by atoms with E-state index in [9.17, 15) is 61.0 Å². The Morgan fingerprint density at radius 1 is 0.468 bits per heavy atom. The number of hydrogen-bond donors (Lipinski definition) is 12. The van der Waals surface area contributed by atoms with Crippen molar-refractivity contribution in [2.24, 2.45) is 0 Å². The molecule has 0 radical (unpaired) electrons. The summed E-state index contributed by atoms with van der Waals surface area (Å²) in [6.07, 6.45) is 22.6. The van der Waals surface area contributed by atoms with Gasteiger partial charge in [-0.1, -0.05) is 177 Å². The molecule has 12 N–H and O–H groups in total. The number of rotatable bonds is 43. The summed E-state index contributed by atoms with van der Waals surface area (Å²) in [6, 6.07) is -0.972. The minimum Gasteiger partial charge on any atom is -0.394 e. The number of hydrogen-bond acceptors (Lipinski definition) is 18. The fraction of sp³-hybridized carbons (Fsp3) is 0.817. The van der Waals surface area contributed by atoms with Crippen LogP contribution in [0, 0.1) is 0 Å². The number of nitrogens with one attached hydrogen (secondary N) is 1. The molecule has 0 aromatic carbocycles. The van der Waals surface area contributed by atoms with Gasteiger partial charge in [-0.2, -0.15) is 0 Å². The van der Waals surface area contributed by atoms with Crippen molar-refractivity contribution < 1.29 is 89.4 Å². The van der Waals surface area contributed by atoms with Crippen molar-refractivity contribution in [2.45, 2.75) is 285 Å². The summed E-state index contributed by atoms with van der Waals surface area (Å²) in [7, 11) is 0. The first-order valence-corrected chi connectivity index (χ1v) is 30.0. The number of carbonyl (C=O) groups excluding carboxylic acids is 1. The molecule has 17 atom stereocenters. The lowest BCUT2D eigenvalue weighted by Gasteiger charge is -2.48. The van der Waals surface area contributed by atoms with E-state index in [0.29, 0.717) is 6.42 Å². The molecule has 1 amide bonds. The highest BCUT2D eigenvalue weighted by Crippen LogP contribution is 2.33. The third-order valence-corrected chi connectivity index (χ3v) is 14.8. The second-order valence-electron chi connectivity index (χ2n) is 21.4. The van der Waals surface area contributed by atoms with Gasteiger partial charge >= 0.3 is 0 Å². The molecule has 3 saturated heterocycles. The minimum absolute atomic E-state index is 0.239. The number of ether oxygens (including phenoxy) is 6. The molecule has 79 heavy (non-hydrogen) atoms. The number of unbranched alkanes of at least 4 members (excludes halogenated alkanes) is 19. The molecule has 0 aromatic rings. The van der Waals surface area contributed by atoms with Crippen molar-refractivity contribution >= 4 is 5.91 Å². The van der Waals surface area contributed by atoms with E-state index in [-0.39, 0.29) is 18.9 Å². The van der Waals surface area contributed by atoms with Gasteiger partial charge in [0.1, 0.15) is 73.2 Å². The van der Waals surface area contributed by atoms with Gasteiger partial charge in [0.2, 0.25) is 5.91 Å². The van der Waals surface area contributed by atoms with E-state index in [4.69, 9.17) is 28.4 Å². The van der Waals surface area contributed by atoms with E-state index in [1.165, 1.54) is 64.2 Å². The third kappa shape index (κ3) is 27.2. The van der Waals surface area contributed by atoms with Crippen molar-refractivity contribution in [3.63, 3.8) is 0 Å². The topological polar surface area (TPSA) is 307 Å². The lowest BCUT2D eigenvalue weighted by atomic mass is 9.96. The van der Waals surface area contributed by atoms with Crippen LogP contribution < -0.4 is 5.32 Å². The Hall–Kier alpha value is -2.51. The summed E-state index contributed by atoms with van der Waals surface area (Å²) in [5.74, 6) is -0.284. The molecule has 0 saturated carbocycles. The van der Waals surface area contributed by atoms with Gasteiger partial charge in [-0.3, -0.25) is 4.79 Å². The first-order chi connectivity index (χ1) is 38.3. The second-order valence-corrected chi connectivity index (χ2v) is 21.4. The Morgan fingerprint density at radius 3 is 1.37 bits per heavy atom. The maximum absolute atomic E-state index is 13.3. The van der Waals surface area contributed by atoms with E-state index in [0.717, 1.165) is 89.9 Å². The molecule has 3 aliphatic rings. The molecule has 19 heteroatoms. The van der Waals surface area contributed by atoms with E-state index in [2.05, 4.69) is 67.8 Å². The Bertz CT molecular complexity index is 1680. The molecule has 3 heterocycles. The molecule has 458 valence electrons. The molecule has 0 aliphatic carbocycles. The highest BCUT2D eigenvalue weighted by atomic mass is 16.8. The SMILES string of the molecule is CC/C=C\C/C=C\C/C=C\C/C=C\CCCCCCCCCCCCCCCCC(=O)NC(COC1OC(CO)C(OC2OC(CO)C(OC3OC(CO)C(O)C(O)C3O)C(O)C2O)C(O)C1O)C(O)/C=C/CCCCCCC. The van der Waals surface area contributed by atoms with Gasteiger partial charge in [-0.25, -0.2) is 0 Å². The fourth-order valence-electron chi connectivity index (χ4n) is 9.89. The number of aliphatic hydroxyl groups is 11. The van der Waals surface area contributed by atoms with Gasteiger partial charge < -0.3 is 89.9 Å². The highest BCUT2D eigenvalue weighted by molar-refractivity contribution is 5.76. The maximum Gasteiger partial charge on any atom is 0.220 e. The molecule has 0 spiro atoms. The van der Waals surface area contributed by atoms with Gasteiger partial charge in [-0.15, -0.1) is 0 Å². The zero-order chi connectivity index (χ0) is 57.6. The lowest BCUT2D eigenvalue weighted by molar-refractivity contribution is -0.379. The monoisotopic (exact) mass is 1130 g/mol. The summed E-state index contributed by atoms with van der Waals surface area (Å²) < 4.78 is 34.1. The predicted molar refractivity (Wildman–Crippen MR) is 300 cm³/mol. The molecule has 3 aliphatic heterocycles. The molecular weight excluding hydrogens is 1020 g/mol. The number of amides is 1. The number of aliphatic hydroxyl groups excluding tert-OH is 11. The van der Waals surface area contributed by atoms with Crippen LogP contribution in [0.5, 0.6) is 0 Å². The Morgan fingerprint density at radius 2 is 0.873 bits per heavy atom. The zero-order valence-corrected chi connectivity index (χ0v) is 47.6. The number of carbonyl (C=O) groups is 1. The van der Waals surface area contributed by atoms with Crippen LogP contribution in [0.25, 0.3) is 0 Å². The summed E-state index contributed by atoms with van der Waals surface area (Å²) in [6.45, 7) is 1.52. The van der Waals surface area contributed by atoms with Crippen LogP contribution in [0.4, 0.5) is 0 Å². The Balaban J connectivity index is 1.38. The summed E-state index contributed by atoms with van der Waals surface area (Å²) in [4.78, 5) is 13.3. The fourth-order valence-corrected chi connectivity index (χ4v) is 9.89. The lowest BCUT2D eigenvalue weighted by Crippen LogP contribution is -2.66. The Kier molecular flexibility index (Phi) is 38.7. The average molecular weight is 1130 g/mol. The standard InChI is InChI=1S/C60H105NO18/c1-3-5-7-9-11-12-13-14-15-16-17-18-19-20-21-22-23-24-25-26-27-28-29-30-32-34-36-38-48(66)61-43(44(65)37-35-33-31-10-8-6-4-2)42-74-58-54(72)51(69)56(46(40-63)76-58)79-60-55(73)52(70)57(47(41-64)77-60)78-59-53(71)50(68)49(67)45(39-62)75-59/h5,7,11-12,14-15,17-18,35,37,43-47,49-60,62-65,67-73H,3-4,6,8-10,13,16,19-34,36,38-42H2,1-2H3,(H,61,66)/b7-5-,12-11-,15-14-,18-17-,37-35+. The molecule has 19 nitrogen and oxygen atoms in total. The first-order valence-electron chi connectivity index (χ1n) is 30.0. The second kappa shape index (κ2) is 43.2. The maximum atomic E-state index is 13.3. The van der Waals surface area contributed by atoms with Gasteiger partial charge in [0.15, 0.2) is 18.9 Å². The molecule has 17 unspecified atom stereocenters. The summed E-state index contributed by atoms with van der Waals surface area (Å²) in [5, 5.41) is 120. The van der Waals surface area contributed by atoms with Crippen LogP contribution in [0.2, 0.25) is 0 Å². The summed E-state index contributed by atoms with van der Waals surface area (Å²) >= 11 is 0.